The molecule has 0 aliphatic heterocycles. The van der Waals surface area contributed by atoms with Gasteiger partial charge in [0.25, 0.3) is 0 Å². The zero-order chi connectivity index (χ0) is 12.1. The molecule has 0 fully saturated rings. The summed E-state index contributed by atoms with van der Waals surface area (Å²) in [4.78, 5) is 4.20. The Morgan fingerprint density at radius 3 is 3.06 bits per heavy atom. The van der Waals surface area contributed by atoms with Crippen LogP contribution in [0.4, 0.5) is 11.5 Å². The second kappa shape index (κ2) is 5.29. The number of hydrogen-bond donors (Lipinski definition) is 2. The van der Waals surface area contributed by atoms with E-state index in [1.807, 2.05) is 23.9 Å². The fraction of sp³-hybridized carbons (Fsp3) is 0.364. The average molecular weight is 232 g/mol. The molecule has 3 N–H and O–H groups in total. The molecule has 0 bridgehead atoms. The Kier molecular flexibility index (Phi) is 3.54. The van der Waals surface area contributed by atoms with Crippen molar-refractivity contribution in [3.05, 3.63) is 30.2 Å². The second-order valence-electron chi connectivity index (χ2n) is 3.87. The first-order valence-electron chi connectivity index (χ1n) is 5.56. The largest absolute Gasteiger partial charge is 0.397 e. The Hall–Kier alpha value is -2.11. The van der Waals surface area contributed by atoms with Crippen LogP contribution in [0.5, 0.6) is 0 Å². The van der Waals surface area contributed by atoms with Gasteiger partial charge in [0.1, 0.15) is 5.82 Å². The number of nitrogens with zero attached hydrogens (tertiary/aromatic N) is 4. The van der Waals surface area contributed by atoms with E-state index >= 15 is 0 Å². The number of nitrogen functional groups attached to an aromatic ring is 1. The van der Waals surface area contributed by atoms with Crippen molar-refractivity contribution in [2.45, 2.75) is 19.9 Å². The van der Waals surface area contributed by atoms with Crippen LogP contribution in [0.3, 0.4) is 0 Å². The lowest BCUT2D eigenvalue weighted by Crippen LogP contribution is -2.08. The molecule has 2 rings (SSSR count). The lowest BCUT2D eigenvalue weighted by molar-refractivity contribution is 0.569. The predicted molar refractivity (Wildman–Crippen MR) is 66.5 cm³/mol. The van der Waals surface area contributed by atoms with Gasteiger partial charge >= 0.3 is 0 Å². The normalized spacial score (nSPS) is 10.4. The number of aromatic nitrogens is 4. The highest BCUT2D eigenvalue weighted by atomic mass is 15.4. The van der Waals surface area contributed by atoms with E-state index < -0.39 is 0 Å². The van der Waals surface area contributed by atoms with E-state index in [1.165, 1.54) is 0 Å². The quantitative estimate of drug-likeness (QED) is 0.753. The standard InChI is InChI=1S/C11H16N6/c1-9-7-11(14-8-10(9)12)13-3-2-5-17-6-4-15-16-17/h4,6-8H,2-3,5,12H2,1H3,(H,13,14). The summed E-state index contributed by atoms with van der Waals surface area (Å²) in [5, 5.41) is 10.9. The molecular formula is C11H16N6. The maximum atomic E-state index is 5.70. The molecule has 0 aliphatic rings. The summed E-state index contributed by atoms with van der Waals surface area (Å²) in [6, 6.07) is 1.95. The fourth-order valence-electron chi connectivity index (χ4n) is 1.47. The van der Waals surface area contributed by atoms with Gasteiger partial charge in [-0.1, -0.05) is 5.21 Å². The van der Waals surface area contributed by atoms with Gasteiger partial charge in [-0.25, -0.2) is 4.98 Å². The highest BCUT2D eigenvalue weighted by molar-refractivity contribution is 5.50. The van der Waals surface area contributed by atoms with Crippen molar-refractivity contribution in [2.24, 2.45) is 0 Å². The summed E-state index contributed by atoms with van der Waals surface area (Å²) in [5.41, 5.74) is 7.46. The summed E-state index contributed by atoms with van der Waals surface area (Å²) in [5.74, 6) is 0.857. The molecule has 17 heavy (non-hydrogen) atoms. The Morgan fingerprint density at radius 1 is 1.47 bits per heavy atom. The highest BCUT2D eigenvalue weighted by Crippen LogP contribution is 2.12. The molecule has 0 saturated carbocycles. The van der Waals surface area contributed by atoms with Gasteiger partial charge < -0.3 is 11.1 Å². The van der Waals surface area contributed by atoms with Gasteiger partial charge in [-0.2, -0.15) is 0 Å². The smallest absolute Gasteiger partial charge is 0.126 e. The molecule has 0 atom stereocenters. The van der Waals surface area contributed by atoms with Crippen molar-refractivity contribution >= 4 is 11.5 Å². The molecule has 0 saturated heterocycles. The Morgan fingerprint density at radius 2 is 2.35 bits per heavy atom. The molecule has 2 aromatic rings. The van der Waals surface area contributed by atoms with E-state index in [-0.39, 0.29) is 0 Å². The first-order valence-corrected chi connectivity index (χ1v) is 5.56. The monoisotopic (exact) mass is 232 g/mol. The van der Waals surface area contributed by atoms with Crippen LogP contribution in [-0.2, 0) is 6.54 Å². The van der Waals surface area contributed by atoms with Crippen molar-refractivity contribution in [2.75, 3.05) is 17.6 Å². The number of nitrogens with one attached hydrogen (secondary N) is 1. The van der Waals surface area contributed by atoms with Gasteiger partial charge in [0, 0.05) is 19.3 Å². The fourth-order valence-corrected chi connectivity index (χ4v) is 1.47. The maximum absolute atomic E-state index is 5.70. The van der Waals surface area contributed by atoms with Crippen LogP contribution in [0.15, 0.2) is 24.7 Å². The van der Waals surface area contributed by atoms with E-state index in [9.17, 15) is 0 Å². The molecule has 2 aromatic heterocycles. The van der Waals surface area contributed by atoms with Crippen molar-refractivity contribution in [1.82, 2.24) is 20.0 Å². The molecule has 6 nitrogen and oxygen atoms in total. The van der Waals surface area contributed by atoms with E-state index in [0.717, 1.165) is 36.6 Å². The van der Waals surface area contributed by atoms with Gasteiger partial charge in [-0.15, -0.1) is 5.10 Å². The molecule has 0 aromatic carbocycles. The summed E-state index contributed by atoms with van der Waals surface area (Å²) in [6.07, 6.45) is 6.17. The number of hydrogen-bond acceptors (Lipinski definition) is 5. The van der Waals surface area contributed by atoms with Crippen molar-refractivity contribution < 1.29 is 0 Å². The van der Waals surface area contributed by atoms with Crippen molar-refractivity contribution in [3.8, 4) is 0 Å². The molecule has 0 radical (unpaired) electrons. The third-order valence-electron chi connectivity index (χ3n) is 2.49. The average Bonchev–Trinajstić information content (AvgIpc) is 2.82. The molecular weight excluding hydrogens is 216 g/mol. The number of anilines is 2. The minimum Gasteiger partial charge on any atom is -0.397 e. The summed E-state index contributed by atoms with van der Waals surface area (Å²) < 4.78 is 1.81. The minimum atomic E-state index is 0.721. The predicted octanol–water partition coefficient (Wildman–Crippen LogP) is 1.07. The molecule has 0 amide bonds. The number of rotatable bonds is 5. The summed E-state index contributed by atoms with van der Waals surface area (Å²) in [6.45, 7) is 3.66. The van der Waals surface area contributed by atoms with Crippen LogP contribution in [-0.4, -0.2) is 26.5 Å². The van der Waals surface area contributed by atoms with Crippen LogP contribution in [0.25, 0.3) is 0 Å². The van der Waals surface area contributed by atoms with Crippen LogP contribution >= 0.6 is 0 Å². The van der Waals surface area contributed by atoms with Gasteiger partial charge in [0.15, 0.2) is 0 Å². The van der Waals surface area contributed by atoms with Crippen LogP contribution in [0, 0.1) is 6.92 Å². The maximum Gasteiger partial charge on any atom is 0.126 e. The Labute approximate surface area is 99.9 Å². The van der Waals surface area contributed by atoms with E-state index in [0.29, 0.717) is 0 Å². The van der Waals surface area contributed by atoms with E-state index in [2.05, 4.69) is 20.6 Å². The molecule has 0 spiro atoms. The second-order valence-corrected chi connectivity index (χ2v) is 3.87. The minimum absolute atomic E-state index is 0.721. The number of pyridine rings is 1. The molecule has 90 valence electrons. The zero-order valence-corrected chi connectivity index (χ0v) is 9.80. The molecule has 0 unspecified atom stereocenters. The first kappa shape index (κ1) is 11.4. The van der Waals surface area contributed by atoms with Gasteiger partial charge in [0.05, 0.1) is 18.1 Å². The molecule has 2 heterocycles. The topological polar surface area (TPSA) is 81.7 Å². The van der Waals surface area contributed by atoms with Gasteiger partial charge in [0.2, 0.25) is 0 Å². The van der Waals surface area contributed by atoms with E-state index in [1.54, 1.807) is 12.4 Å². The van der Waals surface area contributed by atoms with Crippen molar-refractivity contribution in [1.29, 1.82) is 0 Å². The lowest BCUT2D eigenvalue weighted by Gasteiger charge is -2.07. The third-order valence-corrected chi connectivity index (χ3v) is 2.49. The van der Waals surface area contributed by atoms with Crippen LogP contribution < -0.4 is 11.1 Å². The zero-order valence-electron chi connectivity index (χ0n) is 9.80. The number of nitrogens with two attached hydrogens (primary N) is 1. The first-order chi connectivity index (χ1) is 8.25. The third kappa shape index (κ3) is 3.17. The van der Waals surface area contributed by atoms with Gasteiger partial charge in [-0.05, 0) is 25.0 Å². The highest BCUT2D eigenvalue weighted by Gasteiger charge is 1.98. The SMILES string of the molecule is Cc1cc(NCCCn2ccnn2)ncc1N. The molecule has 0 aliphatic carbocycles. The van der Waals surface area contributed by atoms with Crippen molar-refractivity contribution in [3.63, 3.8) is 0 Å². The van der Waals surface area contributed by atoms with E-state index in [4.69, 9.17) is 5.73 Å². The van der Waals surface area contributed by atoms with Crippen LogP contribution in [0.2, 0.25) is 0 Å². The van der Waals surface area contributed by atoms with Crippen LogP contribution in [0.1, 0.15) is 12.0 Å². The Balaban J connectivity index is 1.76. The summed E-state index contributed by atoms with van der Waals surface area (Å²) in [7, 11) is 0. The molecule has 6 heteroatoms. The van der Waals surface area contributed by atoms with Gasteiger partial charge in [-0.3, -0.25) is 4.68 Å². The number of aryl methyl sites for hydroxylation is 2. The lowest BCUT2D eigenvalue weighted by atomic mass is 10.2. The summed E-state index contributed by atoms with van der Waals surface area (Å²) >= 11 is 0. The Bertz CT molecular complexity index is 465.